The highest BCUT2D eigenvalue weighted by atomic mass is 16.1. The topological polar surface area (TPSA) is 17.1 Å². The molecular formula is C21H18O. The summed E-state index contributed by atoms with van der Waals surface area (Å²) < 4.78 is 0. The molecule has 0 radical (unpaired) electrons. The molecule has 1 unspecified atom stereocenters. The highest BCUT2D eigenvalue weighted by Crippen LogP contribution is 2.39. The second kappa shape index (κ2) is 4.81. The van der Waals surface area contributed by atoms with Crippen molar-refractivity contribution in [1.82, 2.24) is 0 Å². The molecule has 1 heteroatoms. The standard InChI is InChI=1S/C21H18O/c1-13-6-5-7-14(2)19(13)18-12-16-11-10-15-8-3-4-9-17(15)20(16)21(18)22/h3-11,18H,12H2,1-2H3. The first-order valence-electron chi connectivity index (χ1n) is 7.78. The van der Waals surface area contributed by atoms with Gasteiger partial charge in [0.25, 0.3) is 0 Å². The van der Waals surface area contributed by atoms with Gasteiger partial charge in [0.15, 0.2) is 5.78 Å². The van der Waals surface area contributed by atoms with E-state index in [-0.39, 0.29) is 11.7 Å². The summed E-state index contributed by atoms with van der Waals surface area (Å²) in [6.45, 7) is 4.22. The quantitative estimate of drug-likeness (QED) is 0.616. The molecule has 108 valence electrons. The van der Waals surface area contributed by atoms with Crippen LogP contribution in [-0.4, -0.2) is 5.78 Å². The van der Waals surface area contributed by atoms with Gasteiger partial charge in [0.2, 0.25) is 0 Å². The number of hydrogen-bond donors (Lipinski definition) is 0. The molecule has 0 amide bonds. The van der Waals surface area contributed by atoms with E-state index in [0.717, 1.165) is 22.8 Å². The summed E-state index contributed by atoms with van der Waals surface area (Å²) in [6.07, 6.45) is 0.824. The summed E-state index contributed by atoms with van der Waals surface area (Å²) in [5, 5.41) is 2.25. The van der Waals surface area contributed by atoms with E-state index >= 15 is 0 Å². The van der Waals surface area contributed by atoms with E-state index in [1.165, 1.54) is 22.3 Å². The summed E-state index contributed by atoms with van der Waals surface area (Å²) in [7, 11) is 0. The minimum Gasteiger partial charge on any atom is -0.293 e. The average molecular weight is 286 g/mol. The van der Waals surface area contributed by atoms with Crippen LogP contribution in [0.1, 0.15) is 38.5 Å². The lowest BCUT2D eigenvalue weighted by Crippen LogP contribution is -2.10. The Kier molecular flexibility index (Phi) is 2.90. The van der Waals surface area contributed by atoms with Gasteiger partial charge in [0.05, 0.1) is 5.92 Å². The molecule has 0 N–H and O–H groups in total. The number of fused-ring (bicyclic) bond motifs is 3. The molecule has 1 aliphatic rings. The minimum absolute atomic E-state index is 0.0259. The molecule has 0 saturated heterocycles. The van der Waals surface area contributed by atoms with Crippen molar-refractivity contribution in [1.29, 1.82) is 0 Å². The number of aryl methyl sites for hydroxylation is 2. The number of carbonyl (C=O) groups excluding carboxylic acids is 1. The molecule has 1 atom stereocenters. The fraction of sp³-hybridized carbons (Fsp3) is 0.190. The summed E-state index contributed by atoms with van der Waals surface area (Å²) >= 11 is 0. The van der Waals surface area contributed by atoms with Crippen LogP contribution in [0.25, 0.3) is 10.8 Å². The average Bonchev–Trinajstić information content (AvgIpc) is 2.85. The molecule has 3 aromatic rings. The third-order valence-electron chi connectivity index (χ3n) is 4.89. The third-order valence-corrected chi connectivity index (χ3v) is 4.89. The molecule has 4 rings (SSSR count). The Morgan fingerprint density at radius 2 is 1.59 bits per heavy atom. The molecular weight excluding hydrogens is 268 g/mol. The molecule has 0 aromatic heterocycles. The van der Waals surface area contributed by atoms with Crippen molar-refractivity contribution < 1.29 is 4.79 Å². The predicted molar refractivity (Wildman–Crippen MR) is 90.6 cm³/mol. The van der Waals surface area contributed by atoms with Crippen LogP contribution in [0.4, 0.5) is 0 Å². The lowest BCUT2D eigenvalue weighted by molar-refractivity contribution is 0.0973. The van der Waals surface area contributed by atoms with E-state index in [2.05, 4.69) is 56.3 Å². The van der Waals surface area contributed by atoms with Crippen molar-refractivity contribution in [2.75, 3.05) is 0 Å². The molecule has 3 aromatic carbocycles. The molecule has 22 heavy (non-hydrogen) atoms. The fourth-order valence-corrected chi connectivity index (χ4v) is 3.87. The molecule has 0 heterocycles. The molecule has 0 spiro atoms. The van der Waals surface area contributed by atoms with Crippen LogP contribution < -0.4 is 0 Å². The normalized spacial score (nSPS) is 17.0. The summed E-state index contributed by atoms with van der Waals surface area (Å²) in [5.74, 6) is 0.256. The second-order valence-corrected chi connectivity index (χ2v) is 6.25. The van der Waals surface area contributed by atoms with Gasteiger partial charge in [-0.25, -0.2) is 0 Å². The predicted octanol–water partition coefficient (Wildman–Crippen LogP) is 4.98. The van der Waals surface area contributed by atoms with Crippen molar-refractivity contribution in [3.8, 4) is 0 Å². The molecule has 0 saturated carbocycles. The Bertz CT molecular complexity index is 885. The van der Waals surface area contributed by atoms with Crippen LogP contribution in [0.3, 0.4) is 0 Å². The minimum atomic E-state index is -0.0259. The first-order valence-corrected chi connectivity index (χ1v) is 7.78. The summed E-state index contributed by atoms with van der Waals surface area (Å²) in [4.78, 5) is 13.1. The first kappa shape index (κ1) is 13.3. The Hall–Kier alpha value is -2.41. The second-order valence-electron chi connectivity index (χ2n) is 6.25. The van der Waals surface area contributed by atoms with Crippen molar-refractivity contribution in [2.24, 2.45) is 0 Å². The maximum absolute atomic E-state index is 13.1. The van der Waals surface area contributed by atoms with E-state index < -0.39 is 0 Å². The Morgan fingerprint density at radius 1 is 0.864 bits per heavy atom. The smallest absolute Gasteiger partial charge is 0.171 e. The zero-order valence-corrected chi connectivity index (χ0v) is 12.9. The third kappa shape index (κ3) is 1.82. The molecule has 1 nitrogen and oxygen atoms in total. The van der Waals surface area contributed by atoms with Crippen LogP contribution in [0.5, 0.6) is 0 Å². The van der Waals surface area contributed by atoms with E-state index in [4.69, 9.17) is 0 Å². The largest absolute Gasteiger partial charge is 0.293 e. The molecule has 0 bridgehead atoms. The van der Waals surface area contributed by atoms with E-state index in [1.54, 1.807) is 0 Å². The van der Waals surface area contributed by atoms with Crippen molar-refractivity contribution in [3.05, 3.63) is 82.4 Å². The Balaban J connectivity index is 1.91. The van der Waals surface area contributed by atoms with Crippen molar-refractivity contribution in [2.45, 2.75) is 26.2 Å². The highest BCUT2D eigenvalue weighted by Gasteiger charge is 2.34. The number of rotatable bonds is 1. The maximum atomic E-state index is 13.1. The van der Waals surface area contributed by atoms with Crippen LogP contribution >= 0.6 is 0 Å². The van der Waals surface area contributed by atoms with Crippen molar-refractivity contribution in [3.63, 3.8) is 0 Å². The van der Waals surface area contributed by atoms with Gasteiger partial charge in [-0.05, 0) is 53.3 Å². The van der Waals surface area contributed by atoms with Gasteiger partial charge in [0, 0.05) is 5.56 Å². The number of benzene rings is 3. The van der Waals surface area contributed by atoms with E-state index in [9.17, 15) is 4.79 Å². The van der Waals surface area contributed by atoms with Crippen LogP contribution in [-0.2, 0) is 6.42 Å². The number of Topliss-reactive ketones (excluding diaryl/α,β-unsaturated/α-hetero) is 1. The zero-order chi connectivity index (χ0) is 15.3. The van der Waals surface area contributed by atoms with Crippen LogP contribution in [0.15, 0.2) is 54.6 Å². The van der Waals surface area contributed by atoms with Gasteiger partial charge in [-0.1, -0.05) is 54.6 Å². The Labute approximate surface area is 130 Å². The van der Waals surface area contributed by atoms with Crippen LogP contribution in [0.2, 0.25) is 0 Å². The number of ketones is 1. The SMILES string of the molecule is Cc1cccc(C)c1C1Cc2ccc3ccccc3c2C1=O. The zero-order valence-electron chi connectivity index (χ0n) is 12.9. The fourth-order valence-electron chi connectivity index (χ4n) is 3.87. The molecule has 0 fully saturated rings. The van der Waals surface area contributed by atoms with E-state index in [0.29, 0.717) is 0 Å². The van der Waals surface area contributed by atoms with Crippen molar-refractivity contribution >= 4 is 16.6 Å². The molecule has 0 aliphatic heterocycles. The first-order chi connectivity index (χ1) is 10.7. The number of hydrogen-bond acceptors (Lipinski definition) is 1. The lowest BCUT2D eigenvalue weighted by atomic mass is 9.88. The highest BCUT2D eigenvalue weighted by molar-refractivity contribution is 6.14. The lowest BCUT2D eigenvalue weighted by Gasteiger charge is -2.15. The maximum Gasteiger partial charge on any atom is 0.171 e. The van der Waals surface area contributed by atoms with Gasteiger partial charge in [-0.15, -0.1) is 0 Å². The van der Waals surface area contributed by atoms with Gasteiger partial charge < -0.3 is 0 Å². The van der Waals surface area contributed by atoms with Gasteiger partial charge in [0.1, 0.15) is 0 Å². The van der Waals surface area contributed by atoms with E-state index in [1.807, 2.05) is 12.1 Å². The van der Waals surface area contributed by atoms with Gasteiger partial charge in [-0.2, -0.15) is 0 Å². The summed E-state index contributed by atoms with van der Waals surface area (Å²) in [6, 6.07) is 18.7. The molecule has 1 aliphatic carbocycles. The van der Waals surface area contributed by atoms with Gasteiger partial charge >= 0.3 is 0 Å². The number of carbonyl (C=O) groups is 1. The summed E-state index contributed by atoms with van der Waals surface area (Å²) in [5.41, 5.74) is 5.78. The van der Waals surface area contributed by atoms with Gasteiger partial charge in [-0.3, -0.25) is 4.79 Å². The van der Waals surface area contributed by atoms with Crippen LogP contribution in [0, 0.1) is 13.8 Å². The Morgan fingerprint density at radius 3 is 2.36 bits per heavy atom. The monoisotopic (exact) mass is 286 g/mol.